The third-order valence-corrected chi connectivity index (χ3v) is 2.32. The molecule has 0 heterocycles. The second-order valence-electron chi connectivity index (χ2n) is 3.38. The number of urea groups is 1. The molecule has 0 aliphatic heterocycles. The van der Waals surface area contributed by atoms with Crippen molar-refractivity contribution in [3.63, 3.8) is 0 Å². The van der Waals surface area contributed by atoms with Crippen molar-refractivity contribution in [1.29, 1.82) is 0 Å². The van der Waals surface area contributed by atoms with Crippen LogP contribution in [0.5, 0.6) is 0 Å². The topological polar surface area (TPSA) is 41.1 Å². The van der Waals surface area contributed by atoms with Gasteiger partial charge in [-0.25, -0.2) is 4.79 Å². The lowest BCUT2D eigenvalue weighted by Crippen LogP contribution is -2.36. The minimum absolute atomic E-state index is 0.0741. The van der Waals surface area contributed by atoms with E-state index in [2.05, 4.69) is 24.5 Å². The molecule has 0 aromatic heterocycles. The van der Waals surface area contributed by atoms with Crippen molar-refractivity contribution in [2.45, 2.75) is 39.5 Å². The van der Waals surface area contributed by atoms with Crippen LogP contribution in [-0.4, -0.2) is 19.6 Å². The molecule has 0 aromatic rings. The largest absolute Gasteiger partial charge is 0.341 e. The van der Waals surface area contributed by atoms with Crippen molar-refractivity contribution in [2.75, 3.05) is 13.6 Å². The van der Waals surface area contributed by atoms with Gasteiger partial charge < -0.3 is 10.6 Å². The highest BCUT2D eigenvalue weighted by Crippen LogP contribution is 2.10. The first kappa shape index (κ1) is 12.3. The number of hydrogen-bond acceptors (Lipinski definition) is 1. The Morgan fingerprint density at radius 1 is 1.38 bits per heavy atom. The average Bonchev–Trinajstić information content (AvgIpc) is 2.17. The van der Waals surface area contributed by atoms with Gasteiger partial charge in [0, 0.05) is 13.6 Å². The molecule has 0 aromatic carbocycles. The normalized spacial score (nSPS) is 12.2. The predicted octanol–water partition coefficient (Wildman–Crippen LogP) is 2.13. The molecule has 0 saturated heterocycles. The second-order valence-corrected chi connectivity index (χ2v) is 3.38. The third kappa shape index (κ3) is 6.43. The van der Waals surface area contributed by atoms with E-state index in [1.807, 2.05) is 0 Å². The van der Waals surface area contributed by atoms with Gasteiger partial charge in [-0.3, -0.25) is 0 Å². The molecule has 3 nitrogen and oxygen atoms in total. The summed E-state index contributed by atoms with van der Waals surface area (Å²) in [4.78, 5) is 10.9. The van der Waals surface area contributed by atoms with Gasteiger partial charge in [0.15, 0.2) is 0 Å². The standard InChI is InChI=1S/C10H22N2O/c1-4-6-7-9(5-2)8-12-10(13)11-3/h9H,4-8H2,1-3H3,(H2,11,12,13). The van der Waals surface area contributed by atoms with Crippen LogP contribution in [0.4, 0.5) is 4.79 Å². The monoisotopic (exact) mass is 186 g/mol. The number of hydrogen-bond donors (Lipinski definition) is 2. The summed E-state index contributed by atoms with van der Waals surface area (Å²) < 4.78 is 0. The molecule has 0 aliphatic carbocycles. The summed E-state index contributed by atoms with van der Waals surface area (Å²) in [6, 6.07) is -0.0741. The molecule has 2 amide bonds. The lowest BCUT2D eigenvalue weighted by Gasteiger charge is -2.14. The van der Waals surface area contributed by atoms with Gasteiger partial charge in [-0.05, 0) is 12.3 Å². The van der Waals surface area contributed by atoms with Crippen LogP contribution in [-0.2, 0) is 0 Å². The van der Waals surface area contributed by atoms with Gasteiger partial charge in [-0.15, -0.1) is 0 Å². The van der Waals surface area contributed by atoms with E-state index in [-0.39, 0.29) is 6.03 Å². The van der Waals surface area contributed by atoms with Crippen molar-refractivity contribution in [3.05, 3.63) is 0 Å². The number of unbranched alkanes of at least 4 members (excludes halogenated alkanes) is 1. The van der Waals surface area contributed by atoms with Crippen molar-refractivity contribution in [1.82, 2.24) is 10.6 Å². The molecule has 0 saturated carbocycles. The molecule has 1 unspecified atom stereocenters. The van der Waals surface area contributed by atoms with E-state index < -0.39 is 0 Å². The van der Waals surface area contributed by atoms with E-state index in [0.29, 0.717) is 5.92 Å². The molecule has 0 fully saturated rings. The Kier molecular flexibility index (Phi) is 7.45. The van der Waals surface area contributed by atoms with Gasteiger partial charge in [0.1, 0.15) is 0 Å². The van der Waals surface area contributed by atoms with Crippen LogP contribution in [0.2, 0.25) is 0 Å². The Morgan fingerprint density at radius 3 is 2.54 bits per heavy atom. The SMILES string of the molecule is CCCCC(CC)CNC(=O)NC. The zero-order chi connectivity index (χ0) is 10.1. The van der Waals surface area contributed by atoms with Gasteiger partial charge in [0.25, 0.3) is 0 Å². The average molecular weight is 186 g/mol. The molecule has 0 radical (unpaired) electrons. The van der Waals surface area contributed by atoms with E-state index in [4.69, 9.17) is 0 Å². The van der Waals surface area contributed by atoms with Crippen molar-refractivity contribution in [3.8, 4) is 0 Å². The smallest absolute Gasteiger partial charge is 0.314 e. The molecule has 2 N–H and O–H groups in total. The van der Waals surface area contributed by atoms with Crippen LogP contribution < -0.4 is 10.6 Å². The Hall–Kier alpha value is -0.730. The molecule has 1 atom stereocenters. The first-order valence-corrected chi connectivity index (χ1v) is 5.20. The summed E-state index contributed by atoms with van der Waals surface area (Å²) in [5.41, 5.74) is 0. The van der Waals surface area contributed by atoms with Crippen molar-refractivity contribution in [2.24, 2.45) is 5.92 Å². The molecule has 13 heavy (non-hydrogen) atoms. The Bertz CT molecular complexity index is 137. The lowest BCUT2D eigenvalue weighted by molar-refractivity contribution is 0.240. The summed E-state index contributed by atoms with van der Waals surface area (Å²) in [5, 5.41) is 5.39. The van der Waals surface area contributed by atoms with E-state index in [1.54, 1.807) is 7.05 Å². The number of nitrogens with one attached hydrogen (secondary N) is 2. The van der Waals surface area contributed by atoms with Crippen LogP contribution in [0.15, 0.2) is 0 Å². The van der Waals surface area contributed by atoms with Crippen molar-refractivity contribution >= 4 is 6.03 Å². The molecule has 3 heteroatoms. The second kappa shape index (κ2) is 7.90. The van der Waals surface area contributed by atoms with E-state index >= 15 is 0 Å². The number of amides is 2. The van der Waals surface area contributed by atoms with Crippen LogP contribution >= 0.6 is 0 Å². The van der Waals surface area contributed by atoms with Gasteiger partial charge in [0.05, 0.1) is 0 Å². The summed E-state index contributed by atoms with van der Waals surface area (Å²) >= 11 is 0. The highest BCUT2D eigenvalue weighted by Gasteiger charge is 2.06. The van der Waals surface area contributed by atoms with Crippen molar-refractivity contribution < 1.29 is 4.79 Å². The van der Waals surface area contributed by atoms with E-state index in [0.717, 1.165) is 13.0 Å². The molecule has 0 spiro atoms. The lowest BCUT2D eigenvalue weighted by atomic mass is 9.99. The highest BCUT2D eigenvalue weighted by molar-refractivity contribution is 5.73. The zero-order valence-corrected chi connectivity index (χ0v) is 9.02. The van der Waals surface area contributed by atoms with Crippen LogP contribution in [0, 0.1) is 5.92 Å². The minimum Gasteiger partial charge on any atom is -0.341 e. The highest BCUT2D eigenvalue weighted by atomic mass is 16.2. The number of rotatable bonds is 6. The molecule has 0 bridgehead atoms. The van der Waals surface area contributed by atoms with Crippen LogP contribution in [0.1, 0.15) is 39.5 Å². The van der Waals surface area contributed by atoms with Gasteiger partial charge >= 0.3 is 6.03 Å². The summed E-state index contributed by atoms with van der Waals surface area (Å²) in [6.45, 7) is 5.17. The van der Waals surface area contributed by atoms with Crippen LogP contribution in [0.3, 0.4) is 0 Å². The maximum atomic E-state index is 10.9. The molecular formula is C10H22N2O. The summed E-state index contributed by atoms with van der Waals surface area (Å²) in [6.07, 6.45) is 4.85. The maximum absolute atomic E-state index is 10.9. The molecule has 0 rings (SSSR count). The Morgan fingerprint density at radius 2 is 2.08 bits per heavy atom. The quantitative estimate of drug-likeness (QED) is 0.655. The minimum atomic E-state index is -0.0741. The molecular weight excluding hydrogens is 164 g/mol. The third-order valence-electron chi connectivity index (χ3n) is 2.32. The number of carbonyl (C=O) groups is 1. The van der Waals surface area contributed by atoms with Gasteiger partial charge in [0.2, 0.25) is 0 Å². The molecule has 0 aliphatic rings. The Balaban J connectivity index is 3.52. The maximum Gasteiger partial charge on any atom is 0.314 e. The predicted molar refractivity (Wildman–Crippen MR) is 55.8 cm³/mol. The van der Waals surface area contributed by atoms with E-state index in [9.17, 15) is 4.79 Å². The zero-order valence-electron chi connectivity index (χ0n) is 9.02. The fourth-order valence-electron chi connectivity index (χ4n) is 1.27. The van der Waals surface area contributed by atoms with Gasteiger partial charge in [-0.2, -0.15) is 0 Å². The number of carbonyl (C=O) groups excluding carboxylic acids is 1. The summed E-state index contributed by atoms with van der Waals surface area (Å²) in [7, 11) is 1.64. The fourth-order valence-corrected chi connectivity index (χ4v) is 1.27. The van der Waals surface area contributed by atoms with E-state index in [1.165, 1.54) is 19.3 Å². The first-order valence-electron chi connectivity index (χ1n) is 5.20. The van der Waals surface area contributed by atoms with Crippen LogP contribution in [0.25, 0.3) is 0 Å². The van der Waals surface area contributed by atoms with Gasteiger partial charge in [-0.1, -0.05) is 33.1 Å². The fraction of sp³-hybridized carbons (Fsp3) is 0.900. The molecule has 78 valence electrons. The first-order chi connectivity index (χ1) is 6.24. The Labute approximate surface area is 81.3 Å². The summed E-state index contributed by atoms with van der Waals surface area (Å²) in [5.74, 6) is 0.636.